The fraction of sp³-hybridized carbons (Fsp3) is 0.0769. The topological polar surface area (TPSA) is 69.4 Å². The highest BCUT2D eigenvalue weighted by atomic mass is 35.5. The number of primary sulfonamides is 1. The molecule has 8 heteroatoms. The molecule has 21 heavy (non-hydrogen) atoms. The van der Waals surface area contributed by atoms with Crippen LogP contribution >= 0.6 is 11.6 Å². The normalized spacial score (nSPS) is 11.4. The summed E-state index contributed by atoms with van der Waals surface area (Å²) >= 11 is 5.71. The van der Waals surface area contributed by atoms with Crippen molar-refractivity contribution in [1.29, 1.82) is 0 Å². The summed E-state index contributed by atoms with van der Waals surface area (Å²) in [4.78, 5) is -0.656. The molecule has 2 aromatic rings. The molecule has 112 valence electrons. The van der Waals surface area contributed by atoms with Crippen LogP contribution in [0.15, 0.2) is 41.3 Å². The second-order valence-corrected chi connectivity index (χ2v) is 6.17. The summed E-state index contributed by atoms with van der Waals surface area (Å²) in [5.41, 5.74) is 0.647. The lowest BCUT2D eigenvalue weighted by Crippen LogP contribution is -2.13. The van der Waals surface area contributed by atoms with E-state index in [2.05, 4.69) is 0 Å². The number of rotatable bonds is 4. The molecule has 0 atom stereocenters. The van der Waals surface area contributed by atoms with Crippen molar-refractivity contribution < 1.29 is 21.9 Å². The van der Waals surface area contributed by atoms with Gasteiger partial charge >= 0.3 is 0 Å². The van der Waals surface area contributed by atoms with Gasteiger partial charge in [-0.15, -0.1) is 0 Å². The van der Waals surface area contributed by atoms with Crippen molar-refractivity contribution in [2.45, 2.75) is 11.5 Å². The van der Waals surface area contributed by atoms with Gasteiger partial charge in [0, 0.05) is 5.02 Å². The Morgan fingerprint density at radius 2 is 1.62 bits per heavy atom. The summed E-state index contributed by atoms with van der Waals surface area (Å²) in [5, 5.41) is 5.33. The highest BCUT2D eigenvalue weighted by molar-refractivity contribution is 7.89. The van der Waals surface area contributed by atoms with E-state index in [0.29, 0.717) is 22.7 Å². The maximum atomic E-state index is 13.7. The second kappa shape index (κ2) is 5.97. The summed E-state index contributed by atoms with van der Waals surface area (Å²) in [7, 11) is -4.19. The number of halogens is 3. The minimum atomic E-state index is -4.19. The lowest BCUT2D eigenvalue weighted by atomic mass is 10.2. The zero-order chi connectivity index (χ0) is 15.6. The van der Waals surface area contributed by atoms with Gasteiger partial charge in [0.1, 0.15) is 6.61 Å². The fourth-order valence-electron chi connectivity index (χ4n) is 1.57. The first-order chi connectivity index (χ1) is 9.77. The van der Waals surface area contributed by atoms with Gasteiger partial charge in [-0.3, -0.25) is 0 Å². The maximum Gasteiger partial charge on any atom is 0.238 e. The van der Waals surface area contributed by atoms with Crippen LogP contribution in [-0.2, 0) is 16.6 Å². The smallest absolute Gasteiger partial charge is 0.238 e. The summed E-state index contributed by atoms with van der Waals surface area (Å²) in [6.07, 6.45) is 0. The molecule has 0 saturated carbocycles. The predicted molar refractivity (Wildman–Crippen MR) is 73.5 cm³/mol. The van der Waals surface area contributed by atoms with E-state index in [1.807, 2.05) is 0 Å². The van der Waals surface area contributed by atoms with Crippen LogP contribution in [0.3, 0.4) is 0 Å². The van der Waals surface area contributed by atoms with Gasteiger partial charge in [-0.05, 0) is 29.8 Å². The maximum absolute atomic E-state index is 13.7. The van der Waals surface area contributed by atoms with Crippen molar-refractivity contribution in [2.75, 3.05) is 0 Å². The zero-order valence-corrected chi connectivity index (χ0v) is 12.1. The third kappa shape index (κ3) is 3.90. The Bertz CT molecular complexity index is 740. The fourth-order valence-corrected chi connectivity index (χ4v) is 2.24. The number of sulfonamides is 1. The van der Waals surface area contributed by atoms with E-state index in [0.717, 1.165) is 0 Å². The molecule has 0 heterocycles. The summed E-state index contributed by atoms with van der Waals surface area (Å²) < 4.78 is 54.5. The molecule has 0 unspecified atom stereocenters. The largest absolute Gasteiger partial charge is 0.483 e. The van der Waals surface area contributed by atoms with Crippen LogP contribution in [0.4, 0.5) is 8.78 Å². The van der Waals surface area contributed by atoms with Crippen molar-refractivity contribution in [1.82, 2.24) is 0 Å². The molecule has 2 rings (SSSR count). The summed E-state index contributed by atoms with van der Waals surface area (Å²) in [6.45, 7) is -0.0975. The number of hydrogen-bond donors (Lipinski definition) is 1. The SMILES string of the molecule is NS(=O)(=O)c1cc(F)c(OCc2ccc(Cl)cc2)c(F)c1. The number of ether oxygens (including phenoxy) is 1. The molecule has 0 amide bonds. The standard InChI is InChI=1S/C13H10ClF2NO3S/c14-9-3-1-8(2-4-9)7-20-13-11(15)5-10(6-12(13)16)21(17,18)19/h1-6H,7H2,(H2,17,18,19). The van der Waals surface area contributed by atoms with Gasteiger partial charge in [0.2, 0.25) is 10.0 Å². The molecule has 0 spiro atoms. The minimum Gasteiger partial charge on any atom is -0.483 e. The van der Waals surface area contributed by atoms with Crippen LogP contribution in [0.25, 0.3) is 0 Å². The first-order valence-electron chi connectivity index (χ1n) is 5.66. The summed E-state index contributed by atoms with van der Waals surface area (Å²) in [6, 6.07) is 7.70. The Hall–Kier alpha value is -1.70. The van der Waals surface area contributed by atoms with Crippen molar-refractivity contribution in [3.05, 3.63) is 58.6 Å². The molecule has 0 aromatic heterocycles. The summed E-state index contributed by atoms with van der Waals surface area (Å²) in [5.74, 6) is -2.96. The van der Waals surface area contributed by atoms with Gasteiger partial charge in [-0.25, -0.2) is 22.3 Å². The van der Waals surface area contributed by atoms with Gasteiger partial charge in [0.05, 0.1) is 4.90 Å². The van der Waals surface area contributed by atoms with Crippen LogP contribution in [0.1, 0.15) is 5.56 Å². The molecule has 0 aliphatic heterocycles. The lowest BCUT2D eigenvalue weighted by molar-refractivity contribution is 0.273. The van der Waals surface area contributed by atoms with E-state index < -0.39 is 32.3 Å². The molecule has 2 N–H and O–H groups in total. The van der Waals surface area contributed by atoms with Crippen LogP contribution in [0, 0.1) is 11.6 Å². The first-order valence-corrected chi connectivity index (χ1v) is 7.59. The number of hydrogen-bond acceptors (Lipinski definition) is 3. The van der Waals surface area contributed by atoms with Crippen molar-refractivity contribution in [2.24, 2.45) is 5.14 Å². The van der Waals surface area contributed by atoms with Crippen molar-refractivity contribution in [3.63, 3.8) is 0 Å². The molecule has 0 aliphatic rings. The van der Waals surface area contributed by atoms with E-state index in [1.54, 1.807) is 24.3 Å². The van der Waals surface area contributed by atoms with E-state index in [4.69, 9.17) is 21.5 Å². The Morgan fingerprint density at radius 1 is 1.10 bits per heavy atom. The average Bonchev–Trinajstić information content (AvgIpc) is 2.38. The molecular weight excluding hydrogens is 324 g/mol. The third-order valence-electron chi connectivity index (χ3n) is 2.60. The molecule has 4 nitrogen and oxygen atoms in total. The number of benzene rings is 2. The van der Waals surface area contributed by atoms with Gasteiger partial charge in [0.25, 0.3) is 0 Å². The monoisotopic (exact) mass is 333 g/mol. The van der Waals surface area contributed by atoms with Crippen molar-refractivity contribution >= 4 is 21.6 Å². The van der Waals surface area contributed by atoms with Crippen LogP contribution in [0.5, 0.6) is 5.75 Å². The van der Waals surface area contributed by atoms with Gasteiger partial charge in [-0.2, -0.15) is 0 Å². The van der Waals surface area contributed by atoms with Crippen LogP contribution in [0.2, 0.25) is 5.02 Å². The molecule has 0 aliphatic carbocycles. The Balaban J connectivity index is 2.23. The molecule has 0 fully saturated rings. The van der Waals surface area contributed by atoms with Gasteiger partial charge in [-0.1, -0.05) is 23.7 Å². The zero-order valence-electron chi connectivity index (χ0n) is 10.5. The highest BCUT2D eigenvalue weighted by Crippen LogP contribution is 2.26. The van der Waals surface area contributed by atoms with Gasteiger partial charge < -0.3 is 4.74 Å². The average molecular weight is 334 g/mol. The predicted octanol–water partition coefficient (Wildman–Crippen LogP) is 2.84. The first kappa shape index (κ1) is 15.7. The van der Waals surface area contributed by atoms with Gasteiger partial charge in [0.15, 0.2) is 17.4 Å². The van der Waals surface area contributed by atoms with E-state index in [-0.39, 0.29) is 6.61 Å². The van der Waals surface area contributed by atoms with Crippen molar-refractivity contribution in [3.8, 4) is 5.75 Å². The van der Waals surface area contributed by atoms with E-state index in [1.165, 1.54) is 0 Å². The number of nitrogens with two attached hydrogens (primary N) is 1. The second-order valence-electron chi connectivity index (χ2n) is 4.18. The minimum absolute atomic E-state index is 0.0975. The van der Waals surface area contributed by atoms with E-state index in [9.17, 15) is 17.2 Å². The lowest BCUT2D eigenvalue weighted by Gasteiger charge is -2.09. The molecule has 0 radical (unpaired) electrons. The molecule has 0 bridgehead atoms. The Labute approximate surface area is 125 Å². The molecule has 0 saturated heterocycles. The van der Waals surface area contributed by atoms with Crippen LogP contribution in [-0.4, -0.2) is 8.42 Å². The molecular formula is C13H10ClF2NO3S. The Morgan fingerprint density at radius 3 is 2.10 bits per heavy atom. The van der Waals surface area contributed by atoms with E-state index >= 15 is 0 Å². The highest BCUT2D eigenvalue weighted by Gasteiger charge is 2.18. The quantitative estimate of drug-likeness (QED) is 0.935. The Kier molecular flexibility index (Phi) is 4.46. The third-order valence-corrected chi connectivity index (χ3v) is 3.74. The molecule has 2 aromatic carbocycles. The van der Waals surface area contributed by atoms with Crippen LogP contribution < -0.4 is 9.88 Å².